The number of hydrogen-bond donors (Lipinski definition) is 0. The predicted octanol–water partition coefficient (Wildman–Crippen LogP) is 4.78. The lowest BCUT2D eigenvalue weighted by molar-refractivity contribution is 0.125. The van der Waals surface area contributed by atoms with Crippen LogP contribution in [0.5, 0.6) is 0 Å². The van der Waals surface area contributed by atoms with Crippen molar-refractivity contribution in [1.82, 2.24) is 4.90 Å². The molecule has 0 aromatic rings. The summed E-state index contributed by atoms with van der Waals surface area (Å²) in [7, 11) is 0. The molecule has 23 heavy (non-hydrogen) atoms. The van der Waals surface area contributed by atoms with Gasteiger partial charge in [-0.3, -0.25) is 0 Å². The van der Waals surface area contributed by atoms with E-state index in [9.17, 15) is 0 Å². The van der Waals surface area contributed by atoms with Crippen LogP contribution in [0.4, 0.5) is 0 Å². The fraction of sp³-hybridized carbons (Fsp3) is 0.810. The largest absolute Gasteiger partial charge is 0.493 e. The molecule has 128 valence electrons. The first-order valence-electron chi connectivity index (χ1n) is 9.93. The van der Waals surface area contributed by atoms with Crippen molar-refractivity contribution >= 4 is 0 Å². The van der Waals surface area contributed by atoms with E-state index >= 15 is 0 Å². The van der Waals surface area contributed by atoms with Crippen LogP contribution >= 0.6 is 0 Å². The van der Waals surface area contributed by atoms with Crippen LogP contribution in [0.2, 0.25) is 0 Å². The first-order valence-corrected chi connectivity index (χ1v) is 9.93. The summed E-state index contributed by atoms with van der Waals surface area (Å²) in [5.74, 6) is 4.90. The van der Waals surface area contributed by atoms with Crippen LogP contribution in [0, 0.1) is 23.7 Å². The normalized spacial score (nSPS) is 37.9. The van der Waals surface area contributed by atoms with E-state index in [0.29, 0.717) is 0 Å². The highest BCUT2D eigenvalue weighted by Crippen LogP contribution is 2.39. The number of hydrogen-bond acceptors (Lipinski definition) is 2. The minimum Gasteiger partial charge on any atom is -0.493 e. The van der Waals surface area contributed by atoms with Crippen LogP contribution < -0.4 is 0 Å². The molecular formula is C21H33NO. The first kappa shape index (κ1) is 15.7. The fourth-order valence-corrected chi connectivity index (χ4v) is 5.48. The molecular weight excluding hydrogens is 282 g/mol. The SMILES string of the molecule is CC1=CCCC2=C1OCC(CCN1CC3CCC(C1)C(C)C3)C2. The average Bonchev–Trinajstić information content (AvgIpc) is 2.83. The van der Waals surface area contributed by atoms with E-state index in [1.54, 1.807) is 5.57 Å². The van der Waals surface area contributed by atoms with E-state index < -0.39 is 0 Å². The van der Waals surface area contributed by atoms with Gasteiger partial charge in [-0.15, -0.1) is 0 Å². The average molecular weight is 316 g/mol. The van der Waals surface area contributed by atoms with Crippen LogP contribution in [0.1, 0.15) is 58.8 Å². The molecule has 0 N–H and O–H groups in total. The van der Waals surface area contributed by atoms with Gasteiger partial charge in [-0.2, -0.15) is 0 Å². The standard InChI is InChI=1S/C21H33NO/c1-15-4-3-5-19-11-18(14-23-21(15)19)8-9-22-12-17-6-7-20(13-22)16(2)10-17/h4,16-18,20H,3,5-14H2,1-2H3. The molecule has 2 heteroatoms. The summed E-state index contributed by atoms with van der Waals surface area (Å²) in [6.07, 6.45) is 11.9. The van der Waals surface area contributed by atoms with Crippen molar-refractivity contribution in [2.75, 3.05) is 26.2 Å². The van der Waals surface area contributed by atoms with E-state index in [0.717, 1.165) is 30.3 Å². The number of fused-ring (bicyclic) bond motifs is 4. The topological polar surface area (TPSA) is 12.5 Å². The molecule has 0 aromatic carbocycles. The molecule has 5 aliphatic rings. The van der Waals surface area contributed by atoms with E-state index in [4.69, 9.17) is 4.74 Å². The Kier molecular flexibility index (Phi) is 4.54. The molecule has 3 fully saturated rings. The molecule has 2 bridgehead atoms. The molecule has 3 aliphatic heterocycles. The lowest BCUT2D eigenvalue weighted by Crippen LogP contribution is -2.32. The molecule has 4 atom stereocenters. The Hall–Kier alpha value is -0.760. The fourth-order valence-electron chi connectivity index (χ4n) is 5.48. The van der Waals surface area contributed by atoms with Crippen LogP contribution in [0.25, 0.3) is 0 Å². The third kappa shape index (κ3) is 3.38. The highest BCUT2D eigenvalue weighted by Gasteiger charge is 2.34. The summed E-state index contributed by atoms with van der Waals surface area (Å²) in [6, 6.07) is 0. The van der Waals surface area contributed by atoms with Crippen LogP contribution in [0.15, 0.2) is 23.0 Å². The van der Waals surface area contributed by atoms with Gasteiger partial charge in [0.05, 0.1) is 6.61 Å². The van der Waals surface area contributed by atoms with E-state index in [1.807, 2.05) is 0 Å². The third-order valence-corrected chi connectivity index (χ3v) is 6.89. The smallest absolute Gasteiger partial charge is 0.121 e. The Labute approximate surface area is 142 Å². The maximum atomic E-state index is 6.14. The lowest BCUT2D eigenvalue weighted by Gasteiger charge is -2.32. The molecule has 3 heterocycles. The van der Waals surface area contributed by atoms with Gasteiger partial charge in [0.2, 0.25) is 0 Å². The summed E-state index contributed by atoms with van der Waals surface area (Å²) >= 11 is 0. The van der Waals surface area contributed by atoms with Crippen molar-refractivity contribution in [3.05, 3.63) is 23.0 Å². The highest BCUT2D eigenvalue weighted by molar-refractivity contribution is 5.34. The Bertz CT molecular complexity index is 506. The monoisotopic (exact) mass is 315 g/mol. The van der Waals surface area contributed by atoms with E-state index in [-0.39, 0.29) is 0 Å². The van der Waals surface area contributed by atoms with Gasteiger partial charge in [0, 0.05) is 13.1 Å². The van der Waals surface area contributed by atoms with Gasteiger partial charge in [-0.25, -0.2) is 0 Å². The Balaban J connectivity index is 1.31. The zero-order valence-electron chi connectivity index (χ0n) is 15.0. The molecule has 2 saturated heterocycles. The minimum absolute atomic E-state index is 0.748. The van der Waals surface area contributed by atoms with Gasteiger partial charge in [-0.1, -0.05) is 13.0 Å². The second-order valence-corrected chi connectivity index (χ2v) is 8.70. The molecule has 1 saturated carbocycles. The summed E-state index contributed by atoms with van der Waals surface area (Å²) in [6.45, 7) is 9.67. The zero-order chi connectivity index (χ0) is 15.8. The van der Waals surface area contributed by atoms with Gasteiger partial charge in [0.1, 0.15) is 5.76 Å². The van der Waals surface area contributed by atoms with Crippen LogP contribution in [-0.2, 0) is 4.74 Å². The van der Waals surface area contributed by atoms with Gasteiger partial charge in [0.25, 0.3) is 0 Å². The molecule has 2 nitrogen and oxygen atoms in total. The molecule has 0 amide bonds. The van der Waals surface area contributed by atoms with Crippen molar-refractivity contribution in [3.8, 4) is 0 Å². The van der Waals surface area contributed by atoms with Gasteiger partial charge in [0.15, 0.2) is 0 Å². The maximum absolute atomic E-state index is 6.14. The number of allylic oxidation sites excluding steroid dienone is 3. The summed E-state index contributed by atoms with van der Waals surface area (Å²) in [5, 5.41) is 0. The summed E-state index contributed by atoms with van der Waals surface area (Å²) in [4.78, 5) is 2.79. The number of rotatable bonds is 3. The Morgan fingerprint density at radius 3 is 3.04 bits per heavy atom. The third-order valence-electron chi connectivity index (χ3n) is 6.89. The Morgan fingerprint density at radius 1 is 1.26 bits per heavy atom. The maximum Gasteiger partial charge on any atom is 0.121 e. The molecule has 5 rings (SSSR count). The molecule has 2 aliphatic carbocycles. The highest BCUT2D eigenvalue weighted by atomic mass is 16.5. The van der Waals surface area contributed by atoms with Crippen molar-refractivity contribution in [2.24, 2.45) is 23.7 Å². The quantitative estimate of drug-likeness (QED) is 0.743. The predicted molar refractivity (Wildman–Crippen MR) is 95.1 cm³/mol. The van der Waals surface area contributed by atoms with Gasteiger partial charge < -0.3 is 9.64 Å². The van der Waals surface area contributed by atoms with Crippen molar-refractivity contribution in [1.29, 1.82) is 0 Å². The van der Waals surface area contributed by atoms with Crippen LogP contribution in [-0.4, -0.2) is 31.1 Å². The van der Waals surface area contributed by atoms with Crippen molar-refractivity contribution < 1.29 is 4.74 Å². The molecule has 0 radical (unpaired) electrons. The summed E-state index contributed by atoms with van der Waals surface area (Å²) in [5.41, 5.74) is 2.98. The van der Waals surface area contributed by atoms with Gasteiger partial charge >= 0.3 is 0 Å². The van der Waals surface area contributed by atoms with E-state index in [1.165, 1.54) is 75.9 Å². The molecule has 4 unspecified atom stereocenters. The van der Waals surface area contributed by atoms with E-state index in [2.05, 4.69) is 24.8 Å². The second-order valence-electron chi connectivity index (χ2n) is 8.70. The molecule has 0 aromatic heterocycles. The zero-order valence-corrected chi connectivity index (χ0v) is 15.0. The lowest BCUT2D eigenvalue weighted by atomic mass is 9.77. The van der Waals surface area contributed by atoms with Crippen molar-refractivity contribution in [3.63, 3.8) is 0 Å². The molecule has 0 spiro atoms. The van der Waals surface area contributed by atoms with Crippen LogP contribution in [0.3, 0.4) is 0 Å². The minimum atomic E-state index is 0.748. The Morgan fingerprint density at radius 2 is 2.17 bits per heavy atom. The van der Waals surface area contributed by atoms with Crippen molar-refractivity contribution in [2.45, 2.75) is 58.8 Å². The number of nitrogens with zero attached hydrogens (tertiary/aromatic N) is 1. The first-order chi connectivity index (χ1) is 11.2. The van der Waals surface area contributed by atoms with Gasteiger partial charge in [-0.05, 0) is 93.2 Å². The number of ether oxygens (including phenoxy) is 1. The summed E-state index contributed by atoms with van der Waals surface area (Å²) < 4.78 is 6.14. The second kappa shape index (κ2) is 6.63.